The van der Waals surface area contributed by atoms with Gasteiger partial charge in [0.05, 0.1) is 12.5 Å². The summed E-state index contributed by atoms with van der Waals surface area (Å²) < 4.78 is 5.24. The Labute approximate surface area is 174 Å². The SMILES string of the molecule is COc1ccc(/C=C/[C@]23CCC(=O)C=C2[C@]2(C)CCCC(C)(C)[C@H]2CC3=O)cc1. The summed E-state index contributed by atoms with van der Waals surface area (Å²) in [6.07, 6.45) is 11.0. The molecule has 3 aliphatic rings. The van der Waals surface area contributed by atoms with E-state index in [4.69, 9.17) is 4.74 Å². The van der Waals surface area contributed by atoms with Crippen LogP contribution < -0.4 is 4.74 Å². The van der Waals surface area contributed by atoms with Gasteiger partial charge >= 0.3 is 0 Å². The molecule has 4 rings (SSSR count). The first-order valence-electron chi connectivity index (χ1n) is 10.8. The number of carbonyl (C=O) groups excluding carboxylic acids is 2. The fourth-order valence-electron chi connectivity index (χ4n) is 6.31. The normalized spacial score (nSPS) is 33.8. The number of hydrogen-bond acceptors (Lipinski definition) is 3. The van der Waals surface area contributed by atoms with Crippen LogP contribution in [-0.4, -0.2) is 18.7 Å². The summed E-state index contributed by atoms with van der Waals surface area (Å²) in [7, 11) is 1.66. The smallest absolute Gasteiger partial charge is 0.155 e. The number of hydrogen-bond donors (Lipinski definition) is 0. The van der Waals surface area contributed by atoms with Crippen LogP contribution in [0.2, 0.25) is 0 Å². The molecule has 3 nitrogen and oxygen atoms in total. The maximum absolute atomic E-state index is 13.6. The molecule has 0 heterocycles. The van der Waals surface area contributed by atoms with Crippen LogP contribution in [0.15, 0.2) is 42.0 Å². The standard InChI is InChI=1S/C26H32O3/c1-24(2)12-5-13-25(3)21(24)17-23(28)26(15-11-19(27)16-22(25)26)14-10-18-6-8-20(29-4)9-7-18/h6-10,14,16,21H,5,11-13,15,17H2,1-4H3/b14-10+/t21-,25-,26+/m1/s1. The van der Waals surface area contributed by atoms with Gasteiger partial charge in [0.25, 0.3) is 0 Å². The van der Waals surface area contributed by atoms with Gasteiger partial charge in [-0.1, -0.05) is 51.5 Å². The molecule has 3 aliphatic carbocycles. The summed E-state index contributed by atoms with van der Waals surface area (Å²) in [6, 6.07) is 7.88. The molecule has 0 saturated heterocycles. The van der Waals surface area contributed by atoms with Crippen LogP contribution in [-0.2, 0) is 9.59 Å². The van der Waals surface area contributed by atoms with Gasteiger partial charge in [0.2, 0.25) is 0 Å². The lowest BCUT2D eigenvalue weighted by Crippen LogP contribution is -2.55. The molecular formula is C26H32O3. The number of carbonyl (C=O) groups is 2. The van der Waals surface area contributed by atoms with Crippen molar-refractivity contribution in [3.05, 3.63) is 47.6 Å². The zero-order valence-electron chi connectivity index (χ0n) is 18.1. The molecule has 1 aromatic rings. The highest BCUT2D eigenvalue weighted by Crippen LogP contribution is 2.65. The van der Waals surface area contributed by atoms with Gasteiger partial charge in [-0.05, 0) is 65.4 Å². The number of fused-ring (bicyclic) bond motifs is 3. The average Bonchev–Trinajstić information content (AvgIpc) is 2.69. The van der Waals surface area contributed by atoms with E-state index < -0.39 is 5.41 Å². The van der Waals surface area contributed by atoms with Crippen LogP contribution >= 0.6 is 0 Å². The van der Waals surface area contributed by atoms with Gasteiger partial charge in [0.1, 0.15) is 11.5 Å². The predicted molar refractivity (Wildman–Crippen MR) is 116 cm³/mol. The largest absolute Gasteiger partial charge is 0.497 e. The van der Waals surface area contributed by atoms with Crippen molar-refractivity contribution in [2.75, 3.05) is 7.11 Å². The third-order valence-electron chi connectivity index (χ3n) is 7.96. The molecule has 1 aromatic carbocycles. The second kappa shape index (κ2) is 6.97. The van der Waals surface area contributed by atoms with Crippen LogP contribution in [0.3, 0.4) is 0 Å². The number of allylic oxidation sites excluding steroid dienone is 3. The number of ketones is 2. The minimum atomic E-state index is -0.632. The van der Waals surface area contributed by atoms with Gasteiger partial charge in [0, 0.05) is 12.8 Å². The molecule has 0 aromatic heterocycles. The summed E-state index contributed by atoms with van der Waals surface area (Å²) in [6.45, 7) is 6.91. The van der Waals surface area contributed by atoms with Crippen molar-refractivity contribution in [2.24, 2.45) is 22.2 Å². The van der Waals surface area contributed by atoms with Crippen LogP contribution in [0.5, 0.6) is 5.75 Å². The van der Waals surface area contributed by atoms with Crippen molar-refractivity contribution < 1.29 is 14.3 Å². The molecule has 0 unspecified atom stereocenters. The number of ether oxygens (including phenoxy) is 1. The molecule has 29 heavy (non-hydrogen) atoms. The first kappa shape index (κ1) is 20.1. The zero-order chi connectivity index (χ0) is 20.9. The summed E-state index contributed by atoms with van der Waals surface area (Å²) in [5, 5.41) is 0. The molecule has 0 bridgehead atoms. The molecule has 0 aliphatic heterocycles. The Balaban J connectivity index is 1.78. The fraction of sp³-hybridized carbons (Fsp3) is 0.538. The monoisotopic (exact) mass is 392 g/mol. The molecule has 0 radical (unpaired) electrons. The summed E-state index contributed by atoms with van der Waals surface area (Å²) in [5.74, 6) is 1.58. The van der Waals surface area contributed by atoms with Crippen molar-refractivity contribution >= 4 is 17.6 Å². The fourth-order valence-corrected chi connectivity index (χ4v) is 6.31. The Morgan fingerprint density at radius 2 is 1.76 bits per heavy atom. The van der Waals surface area contributed by atoms with E-state index in [9.17, 15) is 9.59 Å². The van der Waals surface area contributed by atoms with Gasteiger partial charge in [0.15, 0.2) is 5.78 Å². The van der Waals surface area contributed by atoms with Crippen LogP contribution in [0, 0.1) is 22.2 Å². The van der Waals surface area contributed by atoms with E-state index in [2.05, 4.69) is 32.9 Å². The van der Waals surface area contributed by atoms with E-state index in [1.807, 2.05) is 30.3 Å². The highest BCUT2D eigenvalue weighted by Gasteiger charge is 2.60. The highest BCUT2D eigenvalue weighted by molar-refractivity contribution is 6.00. The number of rotatable bonds is 3. The maximum atomic E-state index is 13.6. The van der Waals surface area contributed by atoms with Crippen molar-refractivity contribution in [2.45, 2.75) is 59.3 Å². The minimum absolute atomic E-state index is 0.0873. The van der Waals surface area contributed by atoms with Crippen LogP contribution in [0.25, 0.3) is 6.08 Å². The summed E-state index contributed by atoms with van der Waals surface area (Å²) >= 11 is 0. The zero-order valence-corrected chi connectivity index (χ0v) is 18.1. The van der Waals surface area contributed by atoms with Gasteiger partial charge in [-0.3, -0.25) is 9.59 Å². The molecule has 3 heteroatoms. The maximum Gasteiger partial charge on any atom is 0.155 e. The molecule has 0 spiro atoms. The quantitative estimate of drug-likeness (QED) is 0.654. The predicted octanol–water partition coefficient (Wildman–Crippen LogP) is 5.79. The van der Waals surface area contributed by atoms with E-state index in [0.29, 0.717) is 31.0 Å². The Kier molecular flexibility index (Phi) is 4.83. The third-order valence-corrected chi connectivity index (χ3v) is 7.96. The van der Waals surface area contributed by atoms with Crippen molar-refractivity contribution in [1.29, 1.82) is 0 Å². The lowest BCUT2D eigenvalue weighted by molar-refractivity contribution is -0.137. The first-order chi connectivity index (χ1) is 13.7. The van der Waals surface area contributed by atoms with Crippen molar-refractivity contribution in [3.8, 4) is 5.75 Å². The molecule has 3 atom stereocenters. The Morgan fingerprint density at radius 1 is 1.03 bits per heavy atom. The van der Waals surface area contributed by atoms with Crippen LogP contribution in [0.1, 0.15) is 64.9 Å². The van der Waals surface area contributed by atoms with Crippen molar-refractivity contribution in [3.63, 3.8) is 0 Å². The average molecular weight is 393 g/mol. The number of methoxy groups -OCH3 is 1. The Morgan fingerprint density at radius 3 is 2.45 bits per heavy atom. The van der Waals surface area contributed by atoms with E-state index in [0.717, 1.165) is 36.1 Å². The van der Waals surface area contributed by atoms with Gasteiger partial charge < -0.3 is 4.74 Å². The molecule has 2 saturated carbocycles. The van der Waals surface area contributed by atoms with Gasteiger partial charge in [-0.15, -0.1) is 0 Å². The lowest BCUT2D eigenvalue weighted by Gasteiger charge is -2.59. The number of benzene rings is 1. The summed E-state index contributed by atoms with van der Waals surface area (Å²) in [4.78, 5) is 26.1. The van der Waals surface area contributed by atoms with E-state index in [1.54, 1.807) is 7.11 Å². The van der Waals surface area contributed by atoms with Crippen molar-refractivity contribution in [1.82, 2.24) is 0 Å². The van der Waals surface area contributed by atoms with Gasteiger partial charge in [-0.2, -0.15) is 0 Å². The van der Waals surface area contributed by atoms with E-state index in [1.165, 1.54) is 0 Å². The van der Waals surface area contributed by atoms with E-state index >= 15 is 0 Å². The molecular weight excluding hydrogens is 360 g/mol. The third kappa shape index (κ3) is 3.19. The second-order valence-electron chi connectivity index (χ2n) is 10.0. The Hall–Kier alpha value is -2.16. The Bertz CT molecular complexity index is 889. The first-order valence-corrected chi connectivity index (χ1v) is 10.8. The minimum Gasteiger partial charge on any atom is -0.497 e. The van der Waals surface area contributed by atoms with Gasteiger partial charge in [-0.25, -0.2) is 0 Å². The molecule has 154 valence electrons. The highest BCUT2D eigenvalue weighted by atomic mass is 16.5. The molecule has 0 amide bonds. The number of Topliss-reactive ketones (excluding diaryl/α,β-unsaturated/α-hetero) is 1. The summed E-state index contributed by atoms with van der Waals surface area (Å²) in [5.41, 5.74) is 1.53. The molecule has 0 N–H and O–H groups in total. The van der Waals surface area contributed by atoms with Crippen LogP contribution in [0.4, 0.5) is 0 Å². The van der Waals surface area contributed by atoms with E-state index in [-0.39, 0.29) is 16.6 Å². The molecule has 2 fully saturated rings. The lowest BCUT2D eigenvalue weighted by atomic mass is 9.43. The topological polar surface area (TPSA) is 43.4 Å². The second-order valence-corrected chi connectivity index (χ2v) is 10.0.